The molecule has 3 rings (SSSR count). The van der Waals surface area contributed by atoms with Crippen LogP contribution in [0, 0.1) is 0 Å². The zero-order valence-electron chi connectivity index (χ0n) is 9.83. The van der Waals surface area contributed by atoms with E-state index in [2.05, 4.69) is 26.1 Å². The molecular formula is C12H8BrN3O3. The van der Waals surface area contributed by atoms with Crippen molar-refractivity contribution in [3.05, 3.63) is 40.9 Å². The van der Waals surface area contributed by atoms with Crippen molar-refractivity contribution in [1.29, 1.82) is 0 Å². The van der Waals surface area contributed by atoms with Gasteiger partial charge in [-0.3, -0.25) is 4.40 Å². The molecule has 0 aliphatic rings. The van der Waals surface area contributed by atoms with E-state index in [1.54, 1.807) is 35.1 Å². The first-order valence-electron chi connectivity index (χ1n) is 5.37. The molecule has 0 aliphatic carbocycles. The fourth-order valence-corrected chi connectivity index (χ4v) is 2.18. The van der Waals surface area contributed by atoms with Gasteiger partial charge in [0.15, 0.2) is 16.1 Å². The summed E-state index contributed by atoms with van der Waals surface area (Å²) in [5.41, 5.74) is 1.82. The van der Waals surface area contributed by atoms with Crippen LogP contribution in [0.15, 0.2) is 39.7 Å². The van der Waals surface area contributed by atoms with Crippen LogP contribution in [0.4, 0.5) is 0 Å². The van der Waals surface area contributed by atoms with Crippen LogP contribution in [0.3, 0.4) is 0 Å². The van der Waals surface area contributed by atoms with Crippen LogP contribution in [0.1, 0.15) is 10.4 Å². The summed E-state index contributed by atoms with van der Waals surface area (Å²) in [6.07, 6.45) is 3.18. The van der Waals surface area contributed by atoms with Gasteiger partial charge in [0.25, 0.3) is 0 Å². The molecule has 0 saturated heterocycles. The predicted octanol–water partition coefficient (Wildman–Crippen LogP) is 2.54. The Labute approximate surface area is 116 Å². The van der Waals surface area contributed by atoms with Crippen molar-refractivity contribution < 1.29 is 13.9 Å². The largest absolute Gasteiger partial charge is 0.465 e. The molecule has 0 aliphatic heterocycles. The second kappa shape index (κ2) is 4.51. The summed E-state index contributed by atoms with van der Waals surface area (Å²) in [7, 11) is 1.34. The molecule has 0 bridgehead atoms. The number of rotatable bonds is 2. The Kier molecular flexibility index (Phi) is 2.83. The first-order valence-corrected chi connectivity index (χ1v) is 6.16. The van der Waals surface area contributed by atoms with Gasteiger partial charge < -0.3 is 9.15 Å². The van der Waals surface area contributed by atoms with Gasteiger partial charge in [0.2, 0.25) is 0 Å². The summed E-state index contributed by atoms with van der Waals surface area (Å²) >= 11 is 3.30. The van der Waals surface area contributed by atoms with Gasteiger partial charge in [0.1, 0.15) is 0 Å². The van der Waals surface area contributed by atoms with Gasteiger partial charge in [-0.2, -0.15) is 0 Å². The molecule has 0 saturated carbocycles. The standard InChI is InChI=1S/C12H8BrN3O3/c1-18-12(17)7-2-3-9-14-15-11(16(9)6-7)8-4-5-19-10(8)13/h2-6H,1H3. The minimum Gasteiger partial charge on any atom is -0.465 e. The lowest BCUT2D eigenvalue weighted by Gasteiger charge is -2.01. The number of carbonyl (C=O) groups is 1. The summed E-state index contributed by atoms with van der Waals surface area (Å²) in [5.74, 6) is 0.175. The van der Waals surface area contributed by atoms with E-state index >= 15 is 0 Å². The Morgan fingerprint density at radius 3 is 2.89 bits per heavy atom. The van der Waals surface area contributed by atoms with Crippen LogP contribution < -0.4 is 0 Å². The number of nitrogens with zero attached hydrogens (tertiary/aromatic N) is 3. The fraction of sp³-hybridized carbons (Fsp3) is 0.0833. The summed E-state index contributed by atoms with van der Waals surface area (Å²) in [4.78, 5) is 11.5. The highest BCUT2D eigenvalue weighted by Gasteiger charge is 2.15. The third kappa shape index (κ3) is 1.91. The van der Waals surface area contributed by atoms with Crippen molar-refractivity contribution in [2.75, 3.05) is 7.11 Å². The average molecular weight is 322 g/mol. The average Bonchev–Trinajstić information content (AvgIpc) is 3.02. The molecule has 3 aromatic rings. The number of furan rings is 1. The molecule has 7 heteroatoms. The van der Waals surface area contributed by atoms with Gasteiger partial charge in [0.05, 0.1) is 24.5 Å². The Hall–Kier alpha value is -2.15. The molecule has 0 atom stereocenters. The van der Waals surface area contributed by atoms with Crippen molar-refractivity contribution in [3.63, 3.8) is 0 Å². The van der Waals surface area contributed by atoms with Gasteiger partial charge in [0, 0.05) is 6.20 Å². The SMILES string of the molecule is COC(=O)c1ccc2nnc(-c3ccoc3Br)n2c1. The Morgan fingerprint density at radius 1 is 1.37 bits per heavy atom. The summed E-state index contributed by atoms with van der Waals surface area (Å²) in [6.45, 7) is 0. The quantitative estimate of drug-likeness (QED) is 0.678. The molecule has 19 heavy (non-hydrogen) atoms. The highest BCUT2D eigenvalue weighted by atomic mass is 79.9. The maximum atomic E-state index is 11.5. The Bertz CT molecular complexity index is 763. The number of fused-ring (bicyclic) bond motifs is 1. The number of ether oxygens (including phenoxy) is 1. The first-order chi connectivity index (χ1) is 9.20. The fourth-order valence-electron chi connectivity index (χ4n) is 1.77. The van der Waals surface area contributed by atoms with Crippen LogP contribution >= 0.6 is 15.9 Å². The van der Waals surface area contributed by atoms with E-state index in [9.17, 15) is 4.79 Å². The number of halogens is 1. The molecule has 0 spiro atoms. The van der Waals surface area contributed by atoms with E-state index in [-0.39, 0.29) is 0 Å². The number of esters is 1. The second-order valence-electron chi connectivity index (χ2n) is 3.77. The van der Waals surface area contributed by atoms with Crippen molar-refractivity contribution in [2.24, 2.45) is 0 Å². The lowest BCUT2D eigenvalue weighted by Crippen LogP contribution is -2.03. The molecule has 0 N–H and O–H groups in total. The van der Waals surface area contributed by atoms with Gasteiger partial charge in [-0.15, -0.1) is 10.2 Å². The highest BCUT2D eigenvalue weighted by Crippen LogP contribution is 2.28. The van der Waals surface area contributed by atoms with E-state index in [0.29, 0.717) is 21.7 Å². The molecule has 0 unspecified atom stereocenters. The number of methoxy groups -OCH3 is 1. The minimum absolute atomic E-state index is 0.409. The number of carbonyl (C=O) groups excluding carboxylic acids is 1. The predicted molar refractivity (Wildman–Crippen MR) is 69.7 cm³/mol. The Morgan fingerprint density at radius 2 is 2.21 bits per heavy atom. The zero-order chi connectivity index (χ0) is 13.4. The van der Waals surface area contributed by atoms with Crippen LogP contribution in [-0.4, -0.2) is 27.7 Å². The van der Waals surface area contributed by atoms with Gasteiger partial charge in [-0.05, 0) is 34.1 Å². The Balaban J connectivity index is 2.21. The van der Waals surface area contributed by atoms with Crippen molar-refractivity contribution >= 4 is 27.5 Å². The number of pyridine rings is 1. The molecule has 0 radical (unpaired) electrons. The minimum atomic E-state index is -0.409. The molecule has 3 heterocycles. The van der Waals surface area contributed by atoms with E-state index in [1.165, 1.54) is 7.11 Å². The molecule has 6 nitrogen and oxygen atoms in total. The van der Waals surface area contributed by atoms with Crippen molar-refractivity contribution in [1.82, 2.24) is 14.6 Å². The normalized spacial score (nSPS) is 10.8. The van der Waals surface area contributed by atoms with E-state index in [4.69, 9.17) is 9.15 Å². The molecular weight excluding hydrogens is 314 g/mol. The van der Waals surface area contributed by atoms with E-state index in [0.717, 1.165) is 5.56 Å². The third-order valence-electron chi connectivity index (χ3n) is 2.68. The van der Waals surface area contributed by atoms with Crippen LogP contribution in [0.5, 0.6) is 0 Å². The highest BCUT2D eigenvalue weighted by molar-refractivity contribution is 9.10. The second-order valence-corrected chi connectivity index (χ2v) is 4.49. The first kappa shape index (κ1) is 11.9. The van der Waals surface area contributed by atoms with Crippen LogP contribution in [0.2, 0.25) is 0 Å². The maximum absolute atomic E-state index is 11.5. The van der Waals surface area contributed by atoms with E-state index < -0.39 is 5.97 Å². The van der Waals surface area contributed by atoms with Gasteiger partial charge >= 0.3 is 5.97 Å². The maximum Gasteiger partial charge on any atom is 0.339 e. The number of aromatic nitrogens is 3. The monoisotopic (exact) mass is 321 g/mol. The summed E-state index contributed by atoms with van der Waals surface area (Å²) < 4.78 is 12.1. The van der Waals surface area contributed by atoms with Gasteiger partial charge in [-0.1, -0.05) is 0 Å². The van der Waals surface area contributed by atoms with E-state index in [1.807, 2.05) is 0 Å². The zero-order valence-corrected chi connectivity index (χ0v) is 11.4. The molecule has 96 valence electrons. The lowest BCUT2D eigenvalue weighted by molar-refractivity contribution is 0.0600. The van der Waals surface area contributed by atoms with Crippen LogP contribution in [-0.2, 0) is 4.74 Å². The third-order valence-corrected chi connectivity index (χ3v) is 3.30. The molecule has 0 aromatic carbocycles. The van der Waals surface area contributed by atoms with Crippen molar-refractivity contribution in [2.45, 2.75) is 0 Å². The number of hydrogen-bond acceptors (Lipinski definition) is 5. The van der Waals surface area contributed by atoms with Crippen LogP contribution in [0.25, 0.3) is 17.0 Å². The number of hydrogen-bond donors (Lipinski definition) is 0. The smallest absolute Gasteiger partial charge is 0.339 e. The molecule has 3 aromatic heterocycles. The molecule has 0 fully saturated rings. The summed E-state index contributed by atoms with van der Waals surface area (Å²) in [6, 6.07) is 5.12. The summed E-state index contributed by atoms with van der Waals surface area (Å²) in [5, 5.41) is 8.14. The lowest BCUT2D eigenvalue weighted by atomic mass is 10.2. The topological polar surface area (TPSA) is 69.6 Å². The van der Waals surface area contributed by atoms with Gasteiger partial charge in [-0.25, -0.2) is 4.79 Å². The van der Waals surface area contributed by atoms with Crippen molar-refractivity contribution in [3.8, 4) is 11.4 Å². The molecule has 0 amide bonds.